The molecule has 0 aromatic heterocycles. The number of hydrogen-bond acceptors (Lipinski definition) is 6. The van der Waals surface area contributed by atoms with E-state index in [1.165, 1.54) is 0 Å². The SMILES string of the molecule is C=CC(=O)OC1(OC2CCC(C(C)(C)C)CC2)C(=O)OC(=C=O)C1C. The molecule has 2 unspecified atom stereocenters. The van der Waals surface area contributed by atoms with Crippen molar-refractivity contribution in [2.75, 3.05) is 0 Å². The predicted octanol–water partition coefficient (Wildman–Crippen LogP) is 2.94. The van der Waals surface area contributed by atoms with Crippen molar-refractivity contribution in [3.63, 3.8) is 0 Å². The van der Waals surface area contributed by atoms with Gasteiger partial charge in [0.25, 0.3) is 0 Å². The van der Waals surface area contributed by atoms with Crippen molar-refractivity contribution < 1.29 is 28.6 Å². The first-order chi connectivity index (χ1) is 11.6. The number of rotatable bonds is 4. The van der Waals surface area contributed by atoms with Gasteiger partial charge in [0, 0.05) is 6.08 Å². The summed E-state index contributed by atoms with van der Waals surface area (Å²) in [5, 5.41) is 0. The van der Waals surface area contributed by atoms with E-state index in [1.807, 2.05) is 0 Å². The van der Waals surface area contributed by atoms with Gasteiger partial charge in [-0.25, -0.2) is 14.4 Å². The van der Waals surface area contributed by atoms with Crippen LogP contribution in [0, 0.1) is 17.3 Å². The molecule has 2 fully saturated rings. The lowest BCUT2D eigenvalue weighted by Crippen LogP contribution is -2.50. The third-order valence-electron chi connectivity index (χ3n) is 5.21. The number of ether oxygens (including phenoxy) is 3. The molecule has 0 radical (unpaired) electrons. The van der Waals surface area contributed by atoms with Gasteiger partial charge in [-0.1, -0.05) is 27.4 Å². The molecule has 0 aromatic rings. The summed E-state index contributed by atoms with van der Waals surface area (Å²) in [5.74, 6) is -2.58. The van der Waals surface area contributed by atoms with Crippen LogP contribution >= 0.6 is 0 Å². The van der Waals surface area contributed by atoms with E-state index in [1.54, 1.807) is 12.9 Å². The fourth-order valence-electron chi connectivity index (χ4n) is 3.51. The normalized spacial score (nSPS) is 32.7. The summed E-state index contributed by atoms with van der Waals surface area (Å²) in [7, 11) is 0. The van der Waals surface area contributed by atoms with Gasteiger partial charge in [-0.15, -0.1) is 0 Å². The van der Waals surface area contributed by atoms with Gasteiger partial charge in [0.05, 0.1) is 6.10 Å². The maximum absolute atomic E-state index is 12.4. The van der Waals surface area contributed by atoms with E-state index >= 15 is 0 Å². The van der Waals surface area contributed by atoms with Gasteiger partial charge in [0.1, 0.15) is 5.92 Å². The first-order valence-electron chi connectivity index (χ1n) is 8.64. The standard InChI is InChI=1S/C19H26O6/c1-6-16(21)25-19(12(2)15(11-20)23-17(19)22)24-14-9-7-13(8-10-14)18(3,4)5/h6,12-14H,1,7-10H2,2-5H3. The van der Waals surface area contributed by atoms with Crippen molar-refractivity contribution in [1.82, 2.24) is 0 Å². The van der Waals surface area contributed by atoms with Crippen molar-refractivity contribution in [2.45, 2.75) is 65.3 Å². The zero-order valence-corrected chi connectivity index (χ0v) is 15.3. The summed E-state index contributed by atoms with van der Waals surface area (Å²) < 4.78 is 16.1. The van der Waals surface area contributed by atoms with Crippen LogP contribution in [0.2, 0.25) is 0 Å². The zero-order chi connectivity index (χ0) is 18.8. The van der Waals surface area contributed by atoms with E-state index in [4.69, 9.17) is 14.2 Å². The molecule has 2 aliphatic rings. The Morgan fingerprint density at radius 1 is 1.32 bits per heavy atom. The molecule has 6 heteroatoms. The summed E-state index contributed by atoms with van der Waals surface area (Å²) >= 11 is 0. The highest BCUT2D eigenvalue weighted by Crippen LogP contribution is 2.43. The van der Waals surface area contributed by atoms with Crippen LogP contribution in [0.1, 0.15) is 53.4 Å². The van der Waals surface area contributed by atoms with Crippen LogP contribution < -0.4 is 0 Å². The van der Waals surface area contributed by atoms with Crippen LogP contribution in [-0.2, 0) is 28.6 Å². The Morgan fingerprint density at radius 3 is 2.36 bits per heavy atom. The number of carbonyl (C=O) groups excluding carboxylic acids is 3. The molecule has 0 amide bonds. The Morgan fingerprint density at radius 2 is 1.92 bits per heavy atom. The van der Waals surface area contributed by atoms with E-state index < -0.39 is 23.6 Å². The summed E-state index contributed by atoms with van der Waals surface area (Å²) in [4.78, 5) is 35.1. The monoisotopic (exact) mass is 350 g/mol. The minimum Gasteiger partial charge on any atom is -0.417 e. The topological polar surface area (TPSA) is 78.9 Å². The van der Waals surface area contributed by atoms with Gasteiger partial charge < -0.3 is 14.2 Å². The van der Waals surface area contributed by atoms with E-state index in [0.717, 1.165) is 31.8 Å². The predicted molar refractivity (Wildman–Crippen MR) is 89.8 cm³/mol. The summed E-state index contributed by atoms with van der Waals surface area (Å²) in [5.41, 5.74) is 0.213. The second-order valence-corrected chi connectivity index (χ2v) is 7.83. The largest absolute Gasteiger partial charge is 0.417 e. The lowest BCUT2D eigenvalue weighted by atomic mass is 9.72. The molecule has 0 aromatic carbocycles. The second-order valence-electron chi connectivity index (χ2n) is 7.83. The summed E-state index contributed by atoms with van der Waals surface area (Å²) in [6.07, 6.45) is 4.10. The molecular formula is C19H26O6. The van der Waals surface area contributed by atoms with Gasteiger partial charge in [-0.3, -0.25) is 0 Å². The first kappa shape index (κ1) is 19.4. The fraction of sp³-hybridized carbons (Fsp3) is 0.684. The molecule has 6 nitrogen and oxygen atoms in total. The zero-order valence-electron chi connectivity index (χ0n) is 15.3. The first-order valence-corrected chi connectivity index (χ1v) is 8.64. The molecule has 25 heavy (non-hydrogen) atoms. The number of carbonyl (C=O) groups is 2. The molecule has 2 rings (SSSR count). The average molecular weight is 350 g/mol. The van der Waals surface area contributed by atoms with Gasteiger partial charge in [0.15, 0.2) is 5.94 Å². The molecule has 1 saturated carbocycles. The van der Waals surface area contributed by atoms with Crippen LogP contribution in [0.5, 0.6) is 0 Å². The maximum atomic E-state index is 12.4. The van der Waals surface area contributed by atoms with Crippen LogP contribution in [0.15, 0.2) is 18.4 Å². The molecule has 1 aliphatic carbocycles. The molecule has 0 bridgehead atoms. The molecule has 1 heterocycles. The second kappa shape index (κ2) is 7.14. The van der Waals surface area contributed by atoms with Crippen molar-refractivity contribution in [2.24, 2.45) is 17.3 Å². The highest BCUT2D eigenvalue weighted by molar-refractivity contribution is 5.90. The van der Waals surface area contributed by atoms with Crippen LogP contribution in [0.4, 0.5) is 0 Å². The molecule has 2 atom stereocenters. The van der Waals surface area contributed by atoms with Crippen molar-refractivity contribution in [1.29, 1.82) is 0 Å². The molecule has 0 spiro atoms. The quantitative estimate of drug-likeness (QED) is 0.336. The fourth-order valence-corrected chi connectivity index (χ4v) is 3.51. The summed E-state index contributed by atoms with van der Waals surface area (Å²) in [6.45, 7) is 11.5. The smallest absolute Gasteiger partial charge is 0.386 e. The van der Waals surface area contributed by atoms with Crippen molar-refractivity contribution >= 4 is 17.9 Å². The van der Waals surface area contributed by atoms with Gasteiger partial charge in [-0.05, 0) is 43.9 Å². The Balaban J connectivity index is 2.19. The molecule has 0 N–H and O–H groups in total. The number of cyclic esters (lactones) is 1. The minimum atomic E-state index is -1.95. The number of esters is 2. The van der Waals surface area contributed by atoms with Gasteiger partial charge in [0.2, 0.25) is 5.76 Å². The van der Waals surface area contributed by atoms with E-state index in [-0.39, 0.29) is 17.3 Å². The van der Waals surface area contributed by atoms with E-state index in [9.17, 15) is 14.4 Å². The highest BCUT2D eigenvalue weighted by Gasteiger charge is 2.60. The Kier molecular flexibility index (Phi) is 5.55. The van der Waals surface area contributed by atoms with E-state index in [0.29, 0.717) is 5.92 Å². The van der Waals surface area contributed by atoms with Crippen LogP contribution in [0.3, 0.4) is 0 Å². The molecule has 138 valence electrons. The lowest BCUT2D eigenvalue weighted by Gasteiger charge is -2.39. The summed E-state index contributed by atoms with van der Waals surface area (Å²) in [6, 6.07) is 0. The average Bonchev–Trinajstić information content (AvgIpc) is 2.79. The lowest BCUT2D eigenvalue weighted by molar-refractivity contribution is -0.254. The molecule has 1 aliphatic heterocycles. The Bertz CT molecular complexity index is 602. The third kappa shape index (κ3) is 3.86. The number of hydrogen-bond donors (Lipinski definition) is 0. The molecular weight excluding hydrogens is 324 g/mol. The third-order valence-corrected chi connectivity index (χ3v) is 5.21. The Hall–Kier alpha value is -1.91. The van der Waals surface area contributed by atoms with Gasteiger partial charge in [-0.2, -0.15) is 0 Å². The van der Waals surface area contributed by atoms with Crippen molar-refractivity contribution in [3.8, 4) is 0 Å². The Labute approximate surface area is 148 Å². The van der Waals surface area contributed by atoms with E-state index in [2.05, 4.69) is 27.4 Å². The van der Waals surface area contributed by atoms with Crippen molar-refractivity contribution in [3.05, 3.63) is 18.4 Å². The van der Waals surface area contributed by atoms with Crippen LogP contribution in [-0.4, -0.2) is 29.8 Å². The van der Waals surface area contributed by atoms with Crippen LogP contribution in [0.25, 0.3) is 0 Å². The highest BCUT2D eigenvalue weighted by atomic mass is 16.8. The maximum Gasteiger partial charge on any atom is 0.386 e. The minimum absolute atomic E-state index is 0.213. The molecule has 1 saturated heterocycles. The van der Waals surface area contributed by atoms with Gasteiger partial charge >= 0.3 is 17.7 Å².